The van der Waals surface area contributed by atoms with E-state index in [-0.39, 0.29) is 24.8 Å². The number of thioether (sulfide) groups is 1. The van der Waals surface area contributed by atoms with Gasteiger partial charge in [-0.25, -0.2) is 0 Å². The second-order valence-electron chi connectivity index (χ2n) is 6.73. The van der Waals surface area contributed by atoms with Crippen LogP contribution in [0.15, 0.2) is 29.2 Å². The summed E-state index contributed by atoms with van der Waals surface area (Å²) in [6.07, 6.45) is -0.0162. The molecule has 8 heteroatoms. The minimum Gasteiger partial charge on any atom is -0.456 e. The minimum atomic E-state index is -1.02. The van der Waals surface area contributed by atoms with Crippen molar-refractivity contribution in [3.05, 3.63) is 24.3 Å². The Kier molecular flexibility index (Phi) is 6.86. The van der Waals surface area contributed by atoms with Crippen molar-refractivity contribution in [2.45, 2.75) is 37.6 Å². The number of nitriles is 1. The Labute approximate surface area is 163 Å². The zero-order valence-corrected chi connectivity index (χ0v) is 16.5. The van der Waals surface area contributed by atoms with Crippen LogP contribution in [0.5, 0.6) is 0 Å². The summed E-state index contributed by atoms with van der Waals surface area (Å²) in [5.74, 6) is -0.930. The van der Waals surface area contributed by atoms with Crippen LogP contribution in [0.2, 0.25) is 0 Å². The van der Waals surface area contributed by atoms with E-state index in [1.807, 2.05) is 38.1 Å². The monoisotopic (exact) mass is 389 g/mol. The van der Waals surface area contributed by atoms with Gasteiger partial charge in [0.15, 0.2) is 6.61 Å². The van der Waals surface area contributed by atoms with Crippen molar-refractivity contribution in [3.63, 3.8) is 0 Å². The topological polar surface area (TPSA) is 99.5 Å². The quantitative estimate of drug-likeness (QED) is 0.717. The third-order valence-corrected chi connectivity index (χ3v) is 5.55. The Morgan fingerprint density at radius 3 is 2.78 bits per heavy atom. The lowest BCUT2D eigenvalue weighted by atomic mass is 9.90. The number of hydrogen-bond donors (Lipinski definition) is 1. The van der Waals surface area contributed by atoms with Crippen molar-refractivity contribution in [1.29, 1.82) is 5.26 Å². The number of esters is 1. The number of carbonyl (C=O) groups excluding carboxylic acids is 3. The lowest BCUT2D eigenvalue weighted by molar-refractivity contribution is -0.148. The number of nitrogens with zero attached hydrogens (tertiary/aromatic N) is 2. The van der Waals surface area contributed by atoms with Crippen molar-refractivity contribution in [1.82, 2.24) is 5.32 Å². The van der Waals surface area contributed by atoms with Crippen LogP contribution >= 0.6 is 11.8 Å². The number of para-hydroxylation sites is 1. The predicted molar refractivity (Wildman–Crippen MR) is 102 cm³/mol. The first-order chi connectivity index (χ1) is 12.8. The van der Waals surface area contributed by atoms with Crippen LogP contribution in [0.4, 0.5) is 5.69 Å². The third kappa shape index (κ3) is 5.23. The standard InChI is InChI=1S/C19H23N3O4S/c1-13(2)19(3,12-20)21-16(23)10-26-18(25)8-9-22-14-6-4-5-7-15(14)27-11-17(22)24/h4-7,13H,8-11H2,1-3H3,(H,21,23)/t19-/m0/s1. The van der Waals surface area contributed by atoms with E-state index in [4.69, 9.17) is 4.74 Å². The fourth-order valence-corrected chi connectivity index (χ4v) is 3.38. The lowest BCUT2D eigenvalue weighted by Crippen LogP contribution is -2.50. The molecule has 1 heterocycles. The zero-order chi connectivity index (χ0) is 20.0. The molecular formula is C19H23N3O4S. The smallest absolute Gasteiger partial charge is 0.308 e. The molecular weight excluding hydrogens is 366 g/mol. The van der Waals surface area contributed by atoms with Gasteiger partial charge in [0.25, 0.3) is 5.91 Å². The van der Waals surface area contributed by atoms with Gasteiger partial charge in [-0.15, -0.1) is 11.8 Å². The summed E-state index contributed by atoms with van der Waals surface area (Å²) >= 11 is 1.47. The van der Waals surface area contributed by atoms with E-state index in [2.05, 4.69) is 11.4 Å². The molecule has 1 aromatic carbocycles. The van der Waals surface area contributed by atoms with Gasteiger partial charge in [0, 0.05) is 11.4 Å². The molecule has 0 saturated heterocycles. The molecule has 0 saturated carbocycles. The Morgan fingerprint density at radius 1 is 1.41 bits per heavy atom. The predicted octanol–water partition coefficient (Wildman–Crippen LogP) is 2.11. The number of benzene rings is 1. The maximum atomic E-state index is 12.1. The fourth-order valence-electron chi connectivity index (χ4n) is 2.45. The molecule has 0 aromatic heterocycles. The van der Waals surface area contributed by atoms with Crippen molar-refractivity contribution in [2.75, 3.05) is 23.8 Å². The van der Waals surface area contributed by atoms with E-state index in [1.165, 1.54) is 11.8 Å². The number of nitrogens with one attached hydrogen (secondary N) is 1. The summed E-state index contributed by atoms with van der Waals surface area (Å²) < 4.78 is 4.98. The molecule has 27 heavy (non-hydrogen) atoms. The summed E-state index contributed by atoms with van der Waals surface area (Å²) in [6.45, 7) is 5.00. The van der Waals surface area contributed by atoms with Gasteiger partial charge in [0.05, 0.1) is 23.9 Å². The van der Waals surface area contributed by atoms with E-state index in [1.54, 1.807) is 11.8 Å². The lowest BCUT2D eigenvalue weighted by Gasteiger charge is -2.28. The zero-order valence-electron chi connectivity index (χ0n) is 15.7. The van der Waals surface area contributed by atoms with Gasteiger partial charge < -0.3 is 15.0 Å². The highest BCUT2D eigenvalue weighted by molar-refractivity contribution is 8.00. The molecule has 144 valence electrons. The van der Waals surface area contributed by atoms with Gasteiger partial charge in [-0.2, -0.15) is 5.26 Å². The summed E-state index contributed by atoms with van der Waals surface area (Å²) in [7, 11) is 0. The van der Waals surface area contributed by atoms with E-state index < -0.39 is 24.0 Å². The average Bonchev–Trinajstić information content (AvgIpc) is 2.65. The molecule has 1 N–H and O–H groups in total. The average molecular weight is 389 g/mol. The fraction of sp³-hybridized carbons (Fsp3) is 0.474. The van der Waals surface area contributed by atoms with Crippen molar-refractivity contribution < 1.29 is 19.1 Å². The first-order valence-corrected chi connectivity index (χ1v) is 9.65. The van der Waals surface area contributed by atoms with E-state index in [9.17, 15) is 19.6 Å². The SMILES string of the molecule is CC(C)[C@](C)(C#N)NC(=O)COC(=O)CCN1C(=O)CSc2ccccc21. The molecule has 0 spiro atoms. The van der Waals surface area contributed by atoms with Gasteiger partial charge in [-0.3, -0.25) is 14.4 Å². The molecule has 2 rings (SSSR count). The maximum Gasteiger partial charge on any atom is 0.308 e. The molecule has 7 nitrogen and oxygen atoms in total. The van der Waals surface area contributed by atoms with Gasteiger partial charge >= 0.3 is 5.97 Å². The number of carbonyl (C=O) groups is 3. The van der Waals surface area contributed by atoms with Crippen LogP contribution in [-0.2, 0) is 19.1 Å². The van der Waals surface area contributed by atoms with Crippen LogP contribution in [0, 0.1) is 17.2 Å². The van der Waals surface area contributed by atoms with E-state index in [0.717, 1.165) is 10.6 Å². The van der Waals surface area contributed by atoms with Gasteiger partial charge in [0.2, 0.25) is 5.91 Å². The normalized spacial score (nSPS) is 15.5. The Bertz CT molecular complexity index is 774. The van der Waals surface area contributed by atoms with Crippen molar-refractivity contribution in [2.24, 2.45) is 5.92 Å². The third-order valence-electron chi connectivity index (χ3n) is 4.50. The molecule has 0 fully saturated rings. The second-order valence-corrected chi connectivity index (χ2v) is 7.75. The number of ether oxygens (including phenoxy) is 1. The summed E-state index contributed by atoms with van der Waals surface area (Å²) in [4.78, 5) is 38.6. The molecule has 2 amide bonds. The number of rotatable bonds is 7. The number of anilines is 1. The maximum absolute atomic E-state index is 12.1. The number of fused-ring (bicyclic) bond motifs is 1. The van der Waals surface area contributed by atoms with Crippen LogP contribution in [0.3, 0.4) is 0 Å². The Morgan fingerprint density at radius 2 is 2.11 bits per heavy atom. The Hall–Kier alpha value is -2.53. The summed E-state index contributed by atoms with van der Waals surface area (Å²) in [5, 5.41) is 11.8. The number of amides is 2. The van der Waals surface area contributed by atoms with Crippen LogP contribution < -0.4 is 10.2 Å². The van der Waals surface area contributed by atoms with Crippen LogP contribution in [0.25, 0.3) is 0 Å². The molecule has 0 aliphatic carbocycles. The molecule has 0 unspecified atom stereocenters. The molecule has 1 aliphatic heterocycles. The molecule has 1 aromatic rings. The molecule has 1 aliphatic rings. The van der Waals surface area contributed by atoms with Gasteiger partial charge in [-0.1, -0.05) is 26.0 Å². The van der Waals surface area contributed by atoms with Crippen molar-refractivity contribution in [3.8, 4) is 6.07 Å². The Balaban J connectivity index is 1.84. The summed E-state index contributed by atoms with van der Waals surface area (Å²) in [5.41, 5.74) is -0.239. The van der Waals surface area contributed by atoms with E-state index in [0.29, 0.717) is 5.75 Å². The van der Waals surface area contributed by atoms with Crippen molar-refractivity contribution >= 4 is 35.2 Å². The molecule has 1 atom stereocenters. The molecule has 0 radical (unpaired) electrons. The highest BCUT2D eigenvalue weighted by atomic mass is 32.2. The number of hydrogen-bond acceptors (Lipinski definition) is 6. The largest absolute Gasteiger partial charge is 0.456 e. The van der Waals surface area contributed by atoms with E-state index >= 15 is 0 Å². The summed E-state index contributed by atoms with van der Waals surface area (Å²) in [6, 6.07) is 9.58. The van der Waals surface area contributed by atoms with Crippen LogP contribution in [0.1, 0.15) is 27.2 Å². The van der Waals surface area contributed by atoms with Crippen LogP contribution in [-0.4, -0.2) is 42.2 Å². The minimum absolute atomic E-state index is 0.0162. The highest BCUT2D eigenvalue weighted by Crippen LogP contribution is 2.34. The van der Waals surface area contributed by atoms with Gasteiger partial charge in [0.1, 0.15) is 5.54 Å². The highest BCUT2D eigenvalue weighted by Gasteiger charge is 2.30. The second kappa shape index (κ2) is 8.91. The molecule has 0 bridgehead atoms. The first kappa shape index (κ1) is 20.8. The van der Waals surface area contributed by atoms with Gasteiger partial charge in [-0.05, 0) is 25.0 Å². The first-order valence-electron chi connectivity index (χ1n) is 8.67.